The molecule has 0 saturated carbocycles. The third-order valence-electron chi connectivity index (χ3n) is 4.28. The summed E-state index contributed by atoms with van der Waals surface area (Å²) >= 11 is 3.71. The van der Waals surface area contributed by atoms with Crippen LogP contribution >= 0.6 is 23.5 Å². The van der Waals surface area contributed by atoms with E-state index in [-0.39, 0.29) is 13.2 Å². The van der Waals surface area contributed by atoms with Gasteiger partial charge in [-0.3, -0.25) is 0 Å². The standard InChI is InChI=1S/C20H38N2O2S2.C2H2/c1-4-6-12-25-16-26-13-19(21)17(3)9-10-18(5-2)8-7-11-20(22,14-23)15-24;1-2/h9-10,13,23-24H,4-8,11-12,14-16,21-22H2,1-3H3;1-2H/b17-9+,18-10+,19-13-;. The highest BCUT2D eigenvalue weighted by Crippen LogP contribution is 2.19. The number of hydrogen-bond acceptors (Lipinski definition) is 6. The van der Waals surface area contributed by atoms with Crippen molar-refractivity contribution in [2.45, 2.75) is 64.8 Å². The van der Waals surface area contributed by atoms with Crippen LogP contribution in [0.3, 0.4) is 0 Å². The summed E-state index contributed by atoms with van der Waals surface area (Å²) in [5, 5.41) is 21.6. The van der Waals surface area contributed by atoms with Crippen LogP contribution in [-0.4, -0.2) is 39.8 Å². The van der Waals surface area contributed by atoms with E-state index >= 15 is 0 Å². The topological polar surface area (TPSA) is 92.5 Å². The van der Waals surface area contributed by atoms with Crippen molar-refractivity contribution in [3.8, 4) is 12.8 Å². The summed E-state index contributed by atoms with van der Waals surface area (Å²) in [4.78, 5) is 0. The van der Waals surface area contributed by atoms with Crippen LogP contribution in [0.5, 0.6) is 0 Å². The Bertz CT molecular complexity index is 496. The zero-order chi connectivity index (χ0) is 21.8. The first-order valence-corrected chi connectivity index (χ1v) is 12.0. The maximum Gasteiger partial charge on any atom is 0.0633 e. The number of allylic oxidation sites excluding steroid dienone is 4. The summed E-state index contributed by atoms with van der Waals surface area (Å²) in [5.74, 6) is 1.21. The lowest BCUT2D eigenvalue weighted by atomic mass is 9.93. The number of rotatable bonds is 15. The Morgan fingerprint density at radius 3 is 2.29 bits per heavy atom. The van der Waals surface area contributed by atoms with Gasteiger partial charge in [0.1, 0.15) is 0 Å². The monoisotopic (exact) mass is 428 g/mol. The van der Waals surface area contributed by atoms with Gasteiger partial charge in [0.25, 0.3) is 0 Å². The Morgan fingerprint density at radius 2 is 1.75 bits per heavy atom. The van der Waals surface area contributed by atoms with E-state index in [0.717, 1.165) is 35.6 Å². The molecule has 0 aliphatic carbocycles. The third kappa shape index (κ3) is 15.1. The van der Waals surface area contributed by atoms with E-state index in [1.165, 1.54) is 24.2 Å². The maximum absolute atomic E-state index is 9.24. The number of nitrogens with two attached hydrogens (primary N) is 2. The minimum atomic E-state index is -0.871. The van der Waals surface area contributed by atoms with E-state index in [4.69, 9.17) is 11.5 Å². The second-order valence-corrected chi connectivity index (χ2v) is 9.01. The minimum absolute atomic E-state index is 0.191. The molecule has 0 rings (SSSR count). The van der Waals surface area contributed by atoms with Crippen LogP contribution in [0.4, 0.5) is 0 Å². The molecular weight excluding hydrogens is 388 g/mol. The molecule has 28 heavy (non-hydrogen) atoms. The average molecular weight is 429 g/mol. The van der Waals surface area contributed by atoms with E-state index in [9.17, 15) is 10.2 Å². The summed E-state index contributed by atoms with van der Waals surface area (Å²) in [7, 11) is 0. The Hall–Kier alpha value is -0.840. The Morgan fingerprint density at radius 1 is 1.11 bits per heavy atom. The molecule has 0 bridgehead atoms. The summed E-state index contributed by atoms with van der Waals surface area (Å²) in [6, 6.07) is 0. The van der Waals surface area contributed by atoms with Gasteiger partial charge in [-0.25, -0.2) is 0 Å². The van der Waals surface area contributed by atoms with E-state index < -0.39 is 5.54 Å². The van der Waals surface area contributed by atoms with Crippen LogP contribution in [-0.2, 0) is 0 Å². The summed E-state index contributed by atoms with van der Waals surface area (Å²) in [5.41, 5.74) is 14.4. The first-order chi connectivity index (χ1) is 13.4. The first-order valence-electron chi connectivity index (χ1n) is 9.78. The molecule has 162 valence electrons. The predicted molar refractivity (Wildman–Crippen MR) is 129 cm³/mol. The summed E-state index contributed by atoms with van der Waals surface area (Å²) < 4.78 is 0. The molecule has 0 saturated heterocycles. The molecular formula is C22H40N2O2S2. The largest absolute Gasteiger partial charge is 0.398 e. The molecule has 6 N–H and O–H groups in total. The first kappa shape index (κ1) is 29.4. The number of aliphatic hydroxyl groups excluding tert-OH is 2. The lowest BCUT2D eigenvalue weighted by molar-refractivity contribution is 0.113. The summed E-state index contributed by atoms with van der Waals surface area (Å²) in [6.45, 7) is 5.99. The van der Waals surface area contributed by atoms with Gasteiger partial charge in [-0.1, -0.05) is 38.0 Å². The molecule has 0 fully saturated rings. The van der Waals surface area contributed by atoms with E-state index in [1.807, 2.05) is 24.1 Å². The smallest absolute Gasteiger partial charge is 0.0633 e. The molecule has 0 heterocycles. The number of unbranched alkanes of at least 4 members (excludes halogenated alkanes) is 1. The molecule has 0 unspecified atom stereocenters. The highest BCUT2D eigenvalue weighted by Gasteiger charge is 2.22. The average Bonchev–Trinajstić information content (AvgIpc) is 2.73. The molecule has 0 aliphatic heterocycles. The zero-order valence-electron chi connectivity index (χ0n) is 17.8. The fourth-order valence-corrected chi connectivity index (χ4v) is 4.15. The molecule has 0 spiro atoms. The molecule has 6 heteroatoms. The van der Waals surface area contributed by atoms with Gasteiger partial charge in [0, 0.05) is 10.8 Å². The molecule has 0 radical (unpaired) electrons. The van der Waals surface area contributed by atoms with Crippen molar-refractivity contribution in [2.24, 2.45) is 11.5 Å². The van der Waals surface area contributed by atoms with Gasteiger partial charge < -0.3 is 21.7 Å². The fraction of sp³-hybridized carbons (Fsp3) is 0.636. The van der Waals surface area contributed by atoms with Gasteiger partial charge in [-0.15, -0.1) is 24.6 Å². The number of aliphatic hydroxyl groups is 2. The molecule has 0 aromatic rings. The molecule has 0 atom stereocenters. The van der Waals surface area contributed by atoms with Crippen molar-refractivity contribution < 1.29 is 10.2 Å². The van der Waals surface area contributed by atoms with Gasteiger partial charge in [0.2, 0.25) is 0 Å². The van der Waals surface area contributed by atoms with Crippen molar-refractivity contribution in [1.82, 2.24) is 0 Å². The fourth-order valence-electron chi connectivity index (χ4n) is 2.16. The van der Waals surface area contributed by atoms with Crippen LogP contribution in [0.2, 0.25) is 0 Å². The van der Waals surface area contributed by atoms with Crippen molar-refractivity contribution >= 4 is 23.5 Å². The second kappa shape index (κ2) is 19.5. The molecule has 0 aromatic heterocycles. The van der Waals surface area contributed by atoms with Crippen LogP contribution in [0.15, 0.2) is 34.4 Å². The molecule has 0 amide bonds. The number of hydrogen-bond donors (Lipinski definition) is 4. The van der Waals surface area contributed by atoms with Crippen LogP contribution in [0.1, 0.15) is 59.3 Å². The number of thioether (sulfide) groups is 2. The normalized spacial score (nSPS) is 13.2. The van der Waals surface area contributed by atoms with Crippen molar-refractivity contribution in [3.05, 3.63) is 34.4 Å². The molecule has 0 aromatic carbocycles. The third-order valence-corrected chi connectivity index (χ3v) is 6.49. The highest BCUT2D eigenvalue weighted by molar-refractivity contribution is 8.17. The lowest BCUT2D eigenvalue weighted by Gasteiger charge is -2.24. The van der Waals surface area contributed by atoms with Gasteiger partial charge in [-0.2, -0.15) is 11.8 Å². The summed E-state index contributed by atoms with van der Waals surface area (Å²) in [6.07, 6.45) is 18.0. The van der Waals surface area contributed by atoms with Crippen LogP contribution < -0.4 is 11.5 Å². The van der Waals surface area contributed by atoms with Gasteiger partial charge in [-0.05, 0) is 55.8 Å². The second-order valence-electron chi connectivity index (χ2n) is 6.68. The Balaban J connectivity index is 0. The van der Waals surface area contributed by atoms with Crippen LogP contribution in [0, 0.1) is 12.8 Å². The molecule has 4 nitrogen and oxygen atoms in total. The predicted octanol–water partition coefficient (Wildman–Crippen LogP) is 4.40. The lowest BCUT2D eigenvalue weighted by Crippen LogP contribution is -2.47. The quantitative estimate of drug-likeness (QED) is 0.134. The van der Waals surface area contributed by atoms with Crippen molar-refractivity contribution in [1.29, 1.82) is 0 Å². The van der Waals surface area contributed by atoms with Crippen LogP contribution in [0.25, 0.3) is 0 Å². The number of terminal acetylenes is 1. The zero-order valence-corrected chi connectivity index (χ0v) is 19.5. The Kier molecular flexibility index (Phi) is 20.4. The highest BCUT2D eigenvalue weighted by atomic mass is 32.2. The maximum atomic E-state index is 9.24. The van der Waals surface area contributed by atoms with E-state index in [0.29, 0.717) is 6.42 Å². The SMILES string of the molecule is C#C.CCCCSCS/C=C(N)/C(C)=C/C=C(\CC)CCCC(N)(CO)CO. The van der Waals surface area contributed by atoms with Crippen molar-refractivity contribution in [3.63, 3.8) is 0 Å². The van der Waals surface area contributed by atoms with Gasteiger partial charge in [0.15, 0.2) is 0 Å². The minimum Gasteiger partial charge on any atom is -0.398 e. The van der Waals surface area contributed by atoms with E-state index in [2.05, 4.69) is 38.8 Å². The van der Waals surface area contributed by atoms with Gasteiger partial charge >= 0.3 is 0 Å². The molecule has 0 aliphatic rings. The van der Waals surface area contributed by atoms with Gasteiger partial charge in [0.05, 0.1) is 18.8 Å². The Labute approximate surface area is 181 Å². The van der Waals surface area contributed by atoms with Crippen molar-refractivity contribution in [2.75, 3.05) is 24.1 Å². The van der Waals surface area contributed by atoms with E-state index in [1.54, 1.807) is 11.8 Å².